The van der Waals surface area contributed by atoms with Gasteiger partial charge in [0.25, 0.3) is 11.5 Å². The van der Waals surface area contributed by atoms with Crippen molar-refractivity contribution in [3.63, 3.8) is 0 Å². The molecule has 0 spiro atoms. The first-order valence-electron chi connectivity index (χ1n) is 13.7. The molecule has 1 amide bonds. The highest BCUT2D eigenvalue weighted by atomic mass is 79.9. The molecular formula is C32H30BrN5O2S. The molecule has 0 atom stereocenters. The normalized spacial score (nSPS) is 13.2. The van der Waals surface area contributed by atoms with Gasteiger partial charge in [-0.1, -0.05) is 33.6 Å². The molecule has 9 heteroatoms. The minimum Gasteiger partial charge on any atom is -0.322 e. The molecule has 0 radical (unpaired) electrons. The number of amides is 1. The number of nitrogens with one attached hydrogen (secondary N) is 1. The summed E-state index contributed by atoms with van der Waals surface area (Å²) in [6, 6.07) is 15.4. The van der Waals surface area contributed by atoms with Crippen molar-refractivity contribution in [2.45, 2.75) is 53.4 Å². The first-order valence-corrected chi connectivity index (χ1v) is 15.3. The summed E-state index contributed by atoms with van der Waals surface area (Å²) in [6.45, 7) is 7.88. The van der Waals surface area contributed by atoms with E-state index in [2.05, 4.69) is 35.9 Å². The van der Waals surface area contributed by atoms with Crippen LogP contribution in [0.25, 0.3) is 15.9 Å². The van der Waals surface area contributed by atoms with Gasteiger partial charge in [0, 0.05) is 32.0 Å². The molecule has 0 saturated carbocycles. The summed E-state index contributed by atoms with van der Waals surface area (Å²) in [5, 5.41) is 9.13. The minimum absolute atomic E-state index is 0.0819. The molecule has 6 rings (SSSR count). The SMILES string of the molecule is Cc1ccc(NC(=O)c2c(-n3c(C)cc(C=Nn4c(C)nc5ccc(Br)cc5c4=O)c3C)sc3c2CCCC3)cc1. The molecule has 7 nitrogen and oxygen atoms in total. The maximum atomic E-state index is 13.8. The summed E-state index contributed by atoms with van der Waals surface area (Å²) in [5.74, 6) is 0.428. The smallest absolute Gasteiger partial charge is 0.282 e. The van der Waals surface area contributed by atoms with Crippen LogP contribution < -0.4 is 10.9 Å². The molecule has 0 bridgehead atoms. The van der Waals surface area contributed by atoms with Crippen molar-refractivity contribution in [1.29, 1.82) is 0 Å². The fourth-order valence-corrected chi connectivity index (χ4v) is 7.38. The number of halogens is 1. The molecule has 208 valence electrons. The van der Waals surface area contributed by atoms with E-state index in [-0.39, 0.29) is 11.5 Å². The number of nitrogens with zero attached hydrogens (tertiary/aromatic N) is 4. The monoisotopic (exact) mass is 627 g/mol. The van der Waals surface area contributed by atoms with Crippen LogP contribution in [0.4, 0.5) is 5.69 Å². The topological polar surface area (TPSA) is 81.3 Å². The Balaban J connectivity index is 1.41. The number of carbonyl (C=O) groups excluding carboxylic acids is 1. The Morgan fingerprint density at radius 2 is 1.80 bits per heavy atom. The van der Waals surface area contributed by atoms with Gasteiger partial charge in [-0.05, 0) is 95.3 Å². The van der Waals surface area contributed by atoms with Crippen LogP contribution >= 0.6 is 27.3 Å². The van der Waals surface area contributed by atoms with Gasteiger partial charge in [0.1, 0.15) is 10.8 Å². The predicted octanol–water partition coefficient (Wildman–Crippen LogP) is 7.26. The van der Waals surface area contributed by atoms with Crippen LogP contribution in [0.15, 0.2) is 62.9 Å². The Labute approximate surface area is 250 Å². The first kappa shape index (κ1) is 27.4. The van der Waals surface area contributed by atoms with E-state index in [9.17, 15) is 9.59 Å². The van der Waals surface area contributed by atoms with Crippen LogP contribution in [-0.4, -0.2) is 26.3 Å². The Bertz CT molecular complexity index is 1910. The third kappa shape index (κ3) is 5.08. The maximum absolute atomic E-state index is 13.8. The van der Waals surface area contributed by atoms with E-state index >= 15 is 0 Å². The molecular weight excluding hydrogens is 598 g/mol. The van der Waals surface area contributed by atoms with Crippen LogP contribution in [-0.2, 0) is 12.8 Å². The van der Waals surface area contributed by atoms with E-state index in [4.69, 9.17) is 0 Å². The number of anilines is 1. The zero-order valence-corrected chi connectivity index (χ0v) is 25.8. The van der Waals surface area contributed by atoms with E-state index < -0.39 is 0 Å². The number of aryl methyl sites for hydroxylation is 4. The number of hydrogen-bond acceptors (Lipinski definition) is 5. The van der Waals surface area contributed by atoms with Crippen LogP contribution in [0.2, 0.25) is 0 Å². The van der Waals surface area contributed by atoms with Crippen LogP contribution in [0, 0.1) is 27.7 Å². The second-order valence-electron chi connectivity index (χ2n) is 10.6. The Hall–Kier alpha value is -3.82. The van der Waals surface area contributed by atoms with Gasteiger partial charge in [0.15, 0.2) is 0 Å². The molecule has 0 fully saturated rings. The Morgan fingerprint density at radius 1 is 1.05 bits per heavy atom. The lowest BCUT2D eigenvalue weighted by Crippen LogP contribution is -2.20. The zero-order chi connectivity index (χ0) is 28.8. The number of fused-ring (bicyclic) bond motifs is 2. The summed E-state index contributed by atoms with van der Waals surface area (Å²) >= 11 is 5.15. The van der Waals surface area contributed by atoms with Gasteiger partial charge in [0.05, 0.1) is 22.7 Å². The molecule has 3 aromatic heterocycles. The fraction of sp³-hybridized carbons (Fsp3) is 0.250. The average Bonchev–Trinajstić information content (AvgIpc) is 3.46. The lowest BCUT2D eigenvalue weighted by atomic mass is 9.95. The van der Waals surface area contributed by atoms with Crippen molar-refractivity contribution in [3.8, 4) is 5.00 Å². The maximum Gasteiger partial charge on any atom is 0.282 e. The molecule has 41 heavy (non-hydrogen) atoms. The van der Waals surface area contributed by atoms with Crippen LogP contribution in [0.5, 0.6) is 0 Å². The van der Waals surface area contributed by atoms with E-state index in [0.29, 0.717) is 16.7 Å². The third-order valence-electron chi connectivity index (χ3n) is 7.65. The highest BCUT2D eigenvalue weighted by Crippen LogP contribution is 2.39. The van der Waals surface area contributed by atoms with Gasteiger partial charge in [0.2, 0.25) is 0 Å². The van der Waals surface area contributed by atoms with E-state index in [1.165, 1.54) is 15.1 Å². The second-order valence-corrected chi connectivity index (χ2v) is 12.6. The minimum atomic E-state index is -0.222. The second kappa shape index (κ2) is 10.9. The van der Waals surface area contributed by atoms with Crippen LogP contribution in [0.1, 0.15) is 62.0 Å². The van der Waals surface area contributed by atoms with Crippen molar-refractivity contribution in [1.82, 2.24) is 14.2 Å². The number of rotatable bonds is 5. The average molecular weight is 629 g/mol. The molecule has 0 saturated heterocycles. The van der Waals surface area contributed by atoms with Crippen molar-refractivity contribution in [3.05, 3.63) is 108 Å². The number of benzene rings is 2. The zero-order valence-electron chi connectivity index (χ0n) is 23.4. The summed E-state index contributed by atoms with van der Waals surface area (Å²) in [5.41, 5.74) is 7.10. The standard InChI is InChI=1S/C32H30BrN5O2S/c1-18-9-12-24(13-10-18)36-30(39)29-25-7-5-6-8-28(25)41-32(29)37-19(2)15-22(20(37)3)17-34-38-21(4)35-27-14-11-23(33)16-26(27)31(38)40/h9-17H,5-8H2,1-4H3,(H,36,39). The molecule has 1 N–H and O–H groups in total. The van der Waals surface area contributed by atoms with E-state index in [1.807, 2.05) is 63.2 Å². The van der Waals surface area contributed by atoms with Gasteiger partial charge >= 0.3 is 0 Å². The molecule has 1 aliphatic carbocycles. The van der Waals surface area contributed by atoms with Gasteiger partial charge in [-0.15, -0.1) is 11.3 Å². The van der Waals surface area contributed by atoms with Gasteiger partial charge in [-0.3, -0.25) is 9.59 Å². The molecule has 0 aliphatic heterocycles. The van der Waals surface area contributed by atoms with Gasteiger partial charge in [-0.2, -0.15) is 9.78 Å². The Kier molecular flexibility index (Phi) is 7.25. The quantitative estimate of drug-likeness (QED) is 0.208. The molecule has 0 unspecified atom stereocenters. The molecule has 2 aromatic carbocycles. The van der Waals surface area contributed by atoms with Gasteiger partial charge < -0.3 is 9.88 Å². The number of hydrogen-bond donors (Lipinski definition) is 1. The van der Waals surface area contributed by atoms with Crippen molar-refractivity contribution in [2.24, 2.45) is 5.10 Å². The largest absolute Gasteiger partial charge is 0.322 e. The highest BCUT2D eigenvalue weighted by molar-refractivity contribution is 9.10. The molecule has 3 heterocycles. The number of thiophene rings is 1. The van der Waals surface area contributed by atoms with Crippen molar-refractivity contribution < 1.29 is 4.79 Å². The summed E-state index contributed by atoms with van der Waals surface area (Å²) < 4.78 is 4.30. The van der Waals surface area contributed by atoms with Gasteiger partial charge in [-0.25, -0.2) is 4.98 Å². The van der Waals surface area contributed by atoms with E-state index in [0.717, 1.165) is 68.9 Å². The summed E-state index contributed by atoms with van der Waals surface area (Å²) in [7, 11) is 0. The summed E-state index contributed by atoms with van der Waals surface area (Å²) in [6.07, 6.45) is 5.82. The number of carbonyl (C=O) groups is 1. The van der Waals surface area contributed by atoms with Crippen LogP contribution in [0.3, 0.4) is 0 Å². The highest BCUT2D eigenvalue weighted by Gasteiger charge is 2.28. The fourth-order valence-electron chi connectivity index (χ4n) is 5.52. The molecule has 5 aromatic rings. The van der Waals surface area contributed by atoms with Crippen molar-refractivity contribution in [2.75, 3.05) is 5.32 Å². The lowest BCUT2D eigenvalue weighted by Gasteiger charge is -2.14. The Morgan fingerprint density at radius 3 is 2.59 bits per heavy atom. The number of aromatic nitrogens is 3. The predicted molar refractivity (Wildman–Crippen MR) is 170 cm³/mol. The molecule has 1 aliphatic rings. The summed E-state index contributed by atoms with van der Waals surface area (Å²) in [4.78, 5) is 32.9. The van der Waals surface area contributed by atoms with Crippen molar-refractivity contribution >= 4 is 56.0 Å². The first-order chi connectivity index (χ1) is 19.7. The lowest BCUT2D eigenvalue weighted by molar-refractivity contribution is 0.102. The third-order valence-corrected chi connectivity index (χ3v) is 9.42. The van der Waals surface area contributed by atoms with E-state index in [1.54, 1.807) is 30.5 Å².